The van der Waals surface area contributed by atoms with Gasteiger partial charge in [0.25, 0.3) is 11.8 Å². The van der Waals surface area contributed by atoms with E-state index in [0.717, 1.165) is 24.0 Å². The number of carbonyl (C=O) groups is 5. The highest BCUT2D eigenvalue weighted by atomic mass is 35.5. The van der Waals surface area contributed by atoms with Gasteiger partial charge in [-0.05, 0) is 124 Å². The van der Waals surface area contributed by atoms with Crippen LogP contribution in [0, 0.1) is 17.3 Å². The SMILES string of the molecule is CC1(C)[C@@H]2CC3OB([C@H](N)NC(=O)[C@H](CCCCN)NC(=O)[C@H](N)NC(=O)[C@H](CCCCN)NC(=O)C(CN)NC(=O)c4ccc(-c5ccc(Cl)cc5)cc4)O[C@@]3(C)[C@H]1C2. The number of amides is 5. The fourth-order valence-electron chi connectivity index (χ4n) is 8.69. The summed E-state index contributed by atoms with van der Waals surface area (Å²) >= 11 is 6.00. The molecule has 0 spiro atoms. The van der Waals surface area contributed by atoms with Gasteiger partial charge in [-0.2, -0.15) is 0 Å². The Bertz CT molecular complexity index is 1830. The summed E-state index contributed by atoms with van der Waals surface area (Å²) in [7, 11) is -0.882. The Morgan fingerprint density at radius 1 is 0.717 bits per heavy atom. The number of rotatable bonds is 21. The van der Waals surface area contributed by atoms with Gasteiger partial charge in [-0.15, -0.1) is 0 Å². The number of nitrogens with one attached hydrogen (secondary N) is 5. The lowest BCUT2D eigenvalue weighted by Crippen LogP contribution is -2.65. The highest BCUT2D eigenvalue weighted by Gasteiger charge is 2.68. The van der Waals surface area contributed by atoms with E-state index in [4.69, 9.17) is 49.6 Å². The molecule has 2 bridgehead atoms. The van der Waals surface area contributed by atoms with E-state index in [1.807, 2.05) is 19.1 Å². The topological polar surface area (TPSA) is 294 Å². The van der Waals surface area contributed by atoms with E-state index < -0.39 is 72.6 Å². The summed E-state index contributed by atoms with van der Waals surface area (Å²) in [5.41, 5.74) is 31.5. The molecule has 4 aliphatic rings. The zero-order valence-electron chi connectivity index (χ0n) is 34.7. The van der Waals surface area contributed by atoms with Gasteiger partial charge in [0.05, 0.1) is 11.7 Å². The molecule has 1 heterocycles. The zero-order valence-corrected chi connectivity index (χ0v) is 35.5. The second-order valence-corrected chi connectivity index (χ2v) is 17.3. The van der Waals surface area contributed by atoms with Crippen molar-refractivity contribution in [2.45, 2.75) is 114 Å². The average molecular weight is 853 g/mol. The third-order valence-corrected chi connectivity index (χ3v) is 12.7. The van der Waals surface area contributed by atoms with Crippen LogP contribution in [0.2, 0.25) is 5.02 Å². The Kier molecular flexibility index (Phi) is 16.1. The standard InChI is InChI=1S/C41H62BClN10O7/c1-40(2)26-20-31(40)41(3)32(21-26)59-42(60-41)39(48)53-36(56)29(9-5-7-19-45)50-38(58)33(47)52-35(55)28(8-4-6-18-44)49-37(57)30(22-46)51-34(54)25-12-10-23(11-13-25)24-14-16-27(43)17-15-24/h10-17,26,28-33,39H,4-9,18-22,44-48H2,1-3H3,(H,49,57)(H,50,58)(H,51,54)(H,52,55)(H,53,56)/t26-,28-,29-,30?,31-,32?,33+,39+,41-/m0/s1. The second kappa shape index (κ2) is 20.6. The molecule has 328 valence electrons. The Balaban J connectivity index is 1.16. The van der Waals surface area contributed by atoms with Crippen molar-refractivity contribution in [2.75, 3.05) is 19.6 Å². The van der Waals surface area contributed by atoms with E-state index in [-0.39, 0.29) is 36.5 Å². The van der Waals surface area contributed by atoms with Crippen molar-refractivity contribution in [3.63, 3.8) is 0 Å². The largest absolute Gasteiger partial charge is 0.497 e. The molecule has 3 saturated carbocycles. The monoisotopic (exact) mass is 852 g/mol. The quantitative estimate of drug-likeness (QED) is 0.0463. The maximum atomic E-state index is 13.6. The smallest absolute Gasteiger partial charge is 0.403 e. The number of unbranched alkanes of at least 4 members (excludes halogenated alkanes) is 2. The van der Waals surface area contributed by atoms with Crippen molar-refractivity contribution in [1.29, 1.82) is 0 Å². The number of nitrogens with two attached hydrogens (primary N) is 5. The van der Waals surface area contributed by atoms with Crippen molar-refractivity contribution in [3.05, 3.63) is 59.1 Å². The van der Waals surface area contributed by atoms with Crippen LogP contribution in [0.1, 0.15) is 82.5 Å². The van der Waals surface area contributed by atoms with Crippen LogP contribution in [-0.2, 0) is 28.5 Å². The Hall–Kier alpha value is -4.14. The van der Waals surface area contributed by atoms with Gasteiger partial charge in [-0.1, -0.05) is 49.7 Å². The van der Waals surface area contributed by atoms with Gasteiger partial charge >= 0.3 is 7.12 Å². The highest BCUT2D eigenvalue weighted by molar-refractivity contribution is 6.47. The summed E-state index contributed by atoms with van der Waals surface area (Å²) in [6, 6.07) is 9.56. The van der Waals surface area contributed by atoms with Gasteiger partial charge < -0.3 is 64.6 Å². The first-order valence-corrected chi connectivity index (χ1v) is 21.2. The first-order valence-electron chi connectivity index (χ1n) is 20.8. The molecule has 15 N–H and O–H groups in total. The molecular formula is C41H62BClN10O7. The molecule has 2 aromatic carbocycles. The van der Waals surface area contributed by atoms with Crippen molar-refractivity contribution >= 4 is 48.3 Å². The minimum atomic E-state index is -1.61. The summed E-state index contributed by atoms with van der Waals surface area (Å²) in [4.78, 5) is 67.1. The molecule has 1 saturated heterocycles. The number of hydrogen-bond acceptors (Lipinski definition) is 12. The number of halogens is 1. The van der Waals surface area contributed by atoms with Gasteiger partial charge in [-0.3, -0.25) is 24.0 Å². The van der Waals surface area contributed by atoms with E-state index in [1.54, 1.807) is 36.4 Å². The molecule has 6 rings (SSSR count). The second-order valence-electron chi connectivity index (χ2n) is 16.9. The summed E-state index contributed by atoms with van der Waals surface area (Å²) < 4.78 is 12.6. The van der Waals surface area contributed by atoms with E-state index in [0.29, 0.717) is 55.6 Å². The van der Waals surface area contributed by atoms with Gasteiger partial charge in [0.1, 0.15) is 24.2 Å². The van der Waals surface area contributed by atoms with Crippen LogP contribution in [0.15, 0.2) is 48.5 Å². The molecule has 0 radical (unpaired) electrons. The summed E-state index contributed by atoms with van der Waals surface area (Å²) in [6.07, 6.45) is 2.61. The molecule has 9 atom stereocenters. The van der Waals surface area contributed by atoms with Crippen LogP contribution in [0.25, 0.3) is 11.1 Å². The average Bonchev–Trinajstić information content (AvgIpc) is 3.59. The summed E-state index contributed by atoms with van der Waals surface area (Å²) in [5, 5.41) is 13.7. The fourth-order valence-corrected chi connectivity index (χ4v) is 8.82. The normalized spacial score (nSPS) is 23.8. The molecule has 2 aromatic rings. The predicted octanol–water partition coefficient (Wildman–Crippen LogP) is 0.361. The van der Waals surface area contributed by atoms with Gasteiger partial charge in [0.2, 0.25) is 17.7 Å². The van der Waals surface area contributed by atoms with E-state index in [9.17, 15) is 24.0 Å². The van der Waals surface area contributed by atoms with Crippen molar-refractivity contribution in [3.8, 4) is 11.1 Å². The first-order chi connectivity index (χ1) is 28.5. The highest BCUT2D eigenvalue weighted by Crippen LogP contribution is 2.65. The lowest BCUT2D eigenvalue weighted by atomic mass is 9.43. The molecule has 5 amide bonds. The molecule has 1 aliphatic heterocycles. The van der Waals surface area contributed by atoms with Gasteiger partial charge in [0.15, 0.2) is 6.17 Å². The van der Waals surface area contributed by atoms with Crippen LogP contribution >= 0.6 is 11.6 Å². The lowest BCUT2D eigenvalue weighted by Gasteiger charge is -2.64. The first kappa shape index (κ1) is 46.9. The maximum absolute atomic E-state index is 13.6. The molecule has 3 aliphatic carbocycles. The maximum Gasteiger partial charge on any atom is 0.497 e. The van der Waals surface area contributed by atoms with Crippen molar-refractivity contribution in [2.24, 2.45) is 45.9 Å². The molecule has 2 unspecified atom stereocenters. The molecule has 19 heteroatoms. The van der Waals surface area contributed by atoms with E-state index in [1.165, 1.54) is 0 Å². The van der Waals surface area contributed by atoms with Crippen molar-refractivity contribution in [1.82, 2.24) is 26.6 Å². The zero-order chi connectivity index (χ0) is 43.8. The van der Waals surface area contributed by atoms with Crippen molar-refractivity contribution < 1.29 is 33.3 Å². The Morgan fingerprint density at radius 3 is 1.80 bits per heavy atom. The van der Waals surface area contributed by atoms with E-state index >= 15 is 0 Å². The lowest BCUT2D eigenvalue weighted by molar-refractivity contribution is -0.199. The molecule has 0 aromatic heterocycles. The number of carbonyl (C=O) groups excluding carboxylic acids is 5. The summed E-state index contributed by atoms with van der Waals surface area (Å²) in [6.45, 7) is 7.00. The number of hydrogen-bond donors (Lipinski definition) is 10. The van der Waals surface area contributed by atoms with Crippen LogP contribution < -0.4 is 55.3 Å². The fraction of sp³-hybridized carbons (Fsp3) is 0.585. The van der Waals surface area contributed by atoms with Crippen LogP contribution in [0.4, 0.5) is 0 Å². The van der Waals surface area contributed by atoms with E-state index in [2.05, 4.69) is 40.4 Å². The summed E-state index contributed by atoms with van der Waals surface area (Å²) in [5.74, 6) is -2.62. The molecule has 4 fully saturated rings. The number of benzene rings is 2. The van der Waals surface area contributed by atoms with Gasteiger partial charge in [-0.25, -0.2) is 0 Å². The Labute approximate surface area is 357 Å². The third kappa shape index (κ3) is 11.0. The van der Waals surface area contributed by atoms with Crippen LogP contribution in [0.3, 0.4) is 0 Å². The Morgan fingerprint density at radius 2 is 1.25 bits per heavy atom. The molecule has 60 heavy (non-hydrogen) atoms. The van der Waals surface area contributed by atoms with Gasteiger partial charge in [0, 0.05) is 17.1 Å². The predicted molar refractivity (Wildman–Crippen MR) is 229 cm³/mol. The molecule has 17 nitrogen and oxygen atoms in total. The third-order valence-electron chi connectivity index (χ3n) is 12.5. The minimum Gasteiger partial charge on any atom is -0.403 e. The van der Waals surface area contributed by atoms with Crippen LogP contribution in [0.5, 0.6) is 0 Å². The minimum absolute atomic E-state index is 0.123. The molecular weight excluding hydrogens is 791 g/mol. The van der Waals surface area contributed by atoms with Crippen LogP contribution in [-0.4, -0.2) is 98.4 Å².